The van der Waals surface area contributed by atoms with Crippen molar-refractivity contribution in [2.24, 2.45) is 0 Å². The molecule has 0 aliphatic heterocycles. The summed E-state index contributed by atoms with van der Waals surface area (Å²) in [6.07, 6.45) is 1.90. The highest BCUT2D eigenvalue weighted by Crippen LogP contribution is 2.39. The van der Waals surface area contributed by atoms with Gasteiger partial charge in [0.1, 0.15) is 0 Å². The van der Waals surface area contributed by atoms with Crippen molar-refractivity contribution in [3.05, 3.63) is 152 Å². The van der Waals surface area contributed by atoms with Gasteiger partial charge < -0.3 is 0 Å². The Labute approximate surface area is 233 Å². The molecular weight excluding hydrogens is 482 g/mol. The van der Waals surface area contributed by atoms with Gasteiger partial charge in [-0.05, 0) is 84.2 Å². The largest absolute Gasteiger partial charge is 0.256 e. The van der Waals surface area contributed by atoms with Crippen molar-refractivity contribution in [2.75, 3.05) is 0 Å². The van der Waals surface area contributed by atoms with Crippen molar-refractivity contribution in [1.29, 1.82) is 0 Å². The molecule has 8 rings (SSSR count). The number of fused-ring (bicyclic) bond motifs is 7. The van der Waals surface area contributed by atoms with Crippen LogP contribution in [0.4, 0.5) is 0 Å². The van der Waals surface area contributed by atoms with Crippen LogP contribution in [0.15, 0.2) is 152 Å². The van der Waals surface area contributed by atoms with Gasteiger partial charge in [-0.25, -0.2) is 0 Å². The Hall–Kier alpha value is -5.27. The molecule has 0 N–H and O–H groups in total. The molecular formula is C39H25N. The van der Waals surface area contributed by atoms with Crippen LogP contribution >= 0.6 is 0 Å². The number of pyridine rings is 1. The first-order valence-corrected chi connectivity index (χ1v) is 13.7. The van der Waals surface area contributed by atoms with Gasteiger partial charge in [-0.3, -0.25) is 4.98 Å². The fourth-order valence-corrected chi connectivity index (χ4v) is 6.14. The van der Waals surface area contributed by atoms with Gasteiger partial charge >= 0.3 is 0 Å². The number of nitrogens with zero attached hydrogens (tertiary/aromatic N) is 1. The van der Waals surface area contributed by atoms with Crippen LogP contribution in [-0.2, 0) is 0 Å². The molecule has 0 aliphatic rings. The number of benzene rings is 7. The van der Waals surface area contributed by atoms with Crippen molar-refractivity contribution in [3.63, 3.8) is 0 Å². The average Bonchev–Trinajstić information content (AvgIpc) is 3.04. The minimum absolute atomic E-state index is 1.02. The van der Waals surface area contributed by atoms with E-state index in [4.69, 9.17) is 4.98 Å². The van der Waals surface area contributed by atoms with E-state index >= 15 is 0 Å². The van der Waals surface area contributed by atoms with E-state index in [9.17, 15) is 0 Å². The van der Waals surface area contributed by atoms with Crippen LogP contribution in [0.3, 0.4) is 0 Å². The SMILES string of the molecule is c1ccc(-c2ccc3c4ccc(-c5cccc(-c6nccc7ccccc67)c5)cc4c4ccccc4c3c2)cc1. The van der Waals surface area contributed by atoms with E-state index < -0.39 is 0 Å². The summed E-state index contributed by atoms with van der Waals surface area (Å²) in [5, 5.41) is 10.1. The van der Waals surface area contributed by atoms with Crippen LogP contribution in [0.5, 0.6) is 0 Å². The smallest absolute Gasteiger partial charge is 0.0780 e. The Bertz CT molecular complexity index is 2180. The molecule has 0 atom stereocenters. The standard InChI is InChI=1S/C39H25N/c1-2-9-26(10-3-1)29-17-19-35-36-20-18-30(25-38(36)34-16-7-6-15-33(34)37(35)24-29)28-12-8-13-31(23-28)39-32-14-5-4-11-27(32)21-22-40-39/h1-25H. The molecule has 1 heteroatoms. The molecule has 0 amide bonds. The lowest BCUT2D eigenvalue weighted by atomic mass is 9.90. The second-order valence-electron chi connectivity index (χ2n) is 10.4. The zero-order valence-corrected chi connectivity index (χ0v) is 21.9. The van der Waals surface area contributed by atoms with Gasteiger partial charge in [0.2, 0.25) is 0 Å². The molecule has 186 valence electrons. The topological polar surface area (TPSA) is 12.9 Å². The third-order valence-corrected chi connectivity index (χ3v) is 8.09. The monoisotopic (exact) mass is 507 g/mol. The van der Waals surface area contributed by atoms with E-state index in [1.807, 2.05) is 6.20 Å². The molecule has 7 aromatic carbocycles. The fourth-order valence-electron chi connectivity index (χ4n) is 6.14. The maximum atomic E-state index is 4.77. The summed E-state index contributed by atoms with van der Waals surface area (Å²) >= 11 is 0. The van der Waals surface area contributed by atoms with Gasteiger partial charge in [0, 0.05) is 17.1 Å². The van der Waals surface area contributed by atoms with Crippen molar-refractivity contribution < 1.29 is 0 Å². The maximum Gasteiger partial charge on any atom is 0.0780 e. The first-order chi connectivity index (χ1) is 19.8. The molecule has 0 bridgehead atoms. The molecule has 0 fully saturated rings. The van der Waals surface area contributed by atoms with Gasteiger partial charge in [0.15, 0.2) is 0 Å². The first-order valence-electron chi connectivity index (χ1n) is 13.7. The van der Waals surface area contributed by atoms with Gasteiger partial charge in [0.25, 0.3) is 0 Å². The molecule has 1 nitrogen and oxygen atoms in total. The van der Waals surface area contributed by atoms with Gasteiger partial charge in [0.05, 0.1) is 5.69 Å². The second-order valence-corrected chi connectivity index (χ2v) is 10.4. The maximum absolute atomic E-state index is 4.77. The van der Waals surface area contributed by atoms with E-state index in [0.717, 1.165) is 11.3 Å². The minimum atomic E-state index is 1.02. The van der Waals surface area contributed by atoms with E-state index in [-0.39, 0.29) is 0 Å². The van der Waals surface area contributed by atoms with Crippen LogP contribution in [0.25, 0.3) is 76.6 Å². The van der Waals surface area contributed by atoms with E-state index in [1.54, 1.807) is 0 Å². The molecule has 1 heterocycles. The average molecular weight is 508 g/mol. The fraction of sp³-hybridized carbons (Fsp3) is 0. The summed E-state index contributed by atoms with van der Waals surface area (Å²) in [6, 6.07) is 52.5. The van der Waals surface area contributed by atoms with Crippen molar-refractivity contribution >= 4 is 43.1 Å². The summed E-state index contributed by atoms with van der Waals surface area (Å²) in [5.74, 6) is 0. The summed E-state index contributed by atoms with van der Waals surface area (Å²) in [7, 11) is 0. The quantitative estimate of drug-likeness (QED) is 0.217. The van der Waals surface area contributed by atoms with Gasteiger partial charge in [-0.2, -0.15) is 0 Å². The number of hydrogen-bond acceptors (Lipinski definition) is 1. The van der Waals surface area contributed by atoms with Crippen molar-refractivity contribution in [1.82, 2.24) is 4.98 Å². The van der Waals surface area contributed by atoms with Crippen LogP contribution in [0.1, 0.15) is 0 Å². The summed E-state index contributed by atoms with van der Waals surface area (Å²) < 4.78 is 0. The Kier molecular flexibility index (Phi) is 5.21. The molecule has 8 aromatic rings. The van der Waals surface area contributed by atoms with Crippen LogP contribution in [0.2, 0.25) is 0 Å². The molecule has 0 unspecified atom stereocenters. The highest BCUT2D eigenvalue weighted by Gasteiger charge is 2.12. The predicted molar refractivity (Wildman–Crippen MR) is 171 cm³/mol. The zero-order chi connectivity index (χ0) is 26.5. The molecule has 40 heavy (non-hydrogen) atoms. The normalized spacial score (nSPS) is 11.5. The van der Waals surface area contributed by atoms with Crippen LogP contribution in [-0.4, -0.2) is 4.98 Å². The number of aromatic nitrogens is 1. The molecule has 0 aliphatic carbocycles. The zero-order valence-electron chi connectivity index (χ0n) is 21.9. The molecule has 1 aromatic heterocycles. The van der Waals surface area contributed by atoms with Crippen molar-refractivity contribution in [2.45, 2.75) is 0 Å². The highest BCUT2D eigenvalue weighted by atomic mass is 14.7. The lowest BCUT2D eigenvalue weighted by Crippen LogP contribution is -1.88. The Morgan fingerprint density at radius 3 is 1.55 bits per heavy atom. The molecule has 0 saturated heterocycles. The van der Waals surface area contributed by atoms with E-state index in [0.29, 0.717) is 0 Å². The van der Waals surface area contributed by atoms with E-state index in [2.05, 4.69) is 146 Å². The highest BCUT2D eigenvalue weighted by molar-refractivity contribution is 6.26. The van der Waals surface area contributed by atoms with Crippen LogP contribution < -0.4 is 0 Å². The second kappa shape index (κ2) is 9.18. The van der Waals surface area contributed by atoms with Crippen LogP contribution in [0, 0.1) is 0 Å². The third-order valence-electron chi connectivity index (χ3n) is 8.09. The van der Waals surface area contributed by atoms with Crippen molar-refractivity contribution in [3.8, 4) is 33.5 Å². The van der Waals surface area contributed by atoms with E-state index in [1.165, 1.54) is 65.3 Å². The number of rotatable bonds is 3. The van der Waals surface area contributed by atoms with Gasteiger partial charge in [-0.1, -0.05) is 121 Å². The Balaban J connectivity index is 1.32. The van der Waals surface area contributed by atoms with Gasteiger partial charge in [-0.15, -0.1) is 0 Å². The minimum Gasteiger partial charge on any atom is -0.256 e. The summed E-state index contributed by atoms with van der Waals surface area (Å²) in [4.78, 5) is 4.77. The molecule has 0 saturated carbocycles. The summed E-state index contributed by atoms with van der Waals surface area (Å²) in [6.45, 7) is 0. The first kappa shape index (κ1) is 22.7. The lowest BCUT2D eigenvalue weighted by Gasteiger charge is -2.14. The molecule has 0 radical (unpaired) electrons. The lowest BCUT2D eigenvalue weighted by molar-refractivity contribution is 1.36. The number of hydrogen-bond donors (Lipinski definition) is 0. The Morgan fingerprint density at radius 2 is 0.825 bits per heavy atom. The predicted octanol–water partition coefficient (Wildman–Crippen LogP) is 10.7. The Morgan fingerprint density at radius 1 is 0.300 bits per heavy atom. The third kappa shape index (κ3) is 3.67. The summed E-state index contributed by atoms with van der Waals surface area (Å²) in [5.41, 5.74) is 7.04. The molecule has 0 spiro atoms.